The highest BCUT2D eigenvalue weighted by Crippen LogP contribution is 2.32. The van der Waals surface area contributed by atoms with Gasteiger partial charge < -0.3 is 19.8 Å². The van der Waals surface area contributed by atoms with Crippen molar-refractivity contribution in [3.05, 3.63) is 52.3 Å². The lowest BCUT2D eigenvalue weighted by Gasteiger charge is -2.23. The fraction of sp³-hybridized carbons (Fsp3) is 0.125. The summed E-state index contributed by atoms with van der Waals surface area (Å²) >= 11 is 0. The van der Waals surface area contributed by atoms with Crippen LogP contribution in [-0.2, 0) is 9.59 Å². The molecule has 0 aliphatic carbocycles. The van der Waals surface area contributed by atoms with Crippen molar-refractivity contribution in [1.29, 1.82) is 0 Å². The number of anilines is 2. The van der Waals surface area contributed by atoms with E-state index in [-0.39, 0.29) is 11.7 Å². The highest BCUT2D eigenvalue weighted by Gasteiger charge is 2.23. The van der Waals surface area contributed by atoms with Crippen molar-refractivity contribution >= 4 is 35.1 Å². The zero-order valence-corrected chi connectivity index (χ0v) is 13.0. The van der Waals surface area contributed by atoms with Crippen LogP contribution >= 0.6 is 0 Å². The maximum absolute atomic E-state index is 11.9. The third-order valence-corrected chi connectivity index (χ3v) is 3.37. The van der Waals surface area contributed by atoms with Gasteiger partial charge in [-0.1, -0.05) is 0 Å². The molecule has 0 bridgehead atoms. The number of furan rings is 1. The first-order valence-corrected chi connectivity index (χ1v) is 7.27. The van der Waals surface area contributed by atoms with E-state index in [9.17, 15) is 19.7 Å². The molecular weight excluding hydrogens is 330 g/mol. The molecule has 9 nitrogen and oxygen atoms in total. The smallest absolute Gasteiger partial charge is 0.433 e. The lowest BCUT2D eigenvalue weighted by atomic mass is 10.2. The van der Waals surface area contributed by atoms with Gasteiger partial charge in [0.05, 0.1) is 11.8 Å². The van der Waals surface area contributed by atoms with E-state index in [1.165, 1.54) is 24.3 Å². The number of rotatable bonds is 4. The Balaban J connectivity index is 1.66. The molecular formula is C16H13N3O6. The monoisotopic (exact) mass is 343 g/mol. The predicted molar refractivity (Wildman–Crippen MR) is 88.2 cm³/mol. The molecule has 1 aliphatic heterocycles. The SMILES string of the molecule is C[C@@H]1Oc2ccc(NC(=O)/C=C/c3ccc([N+](=O)[O-])o3)cc2NC1=O. The van der Waals surface area contributed by atoms with Gasteiger partial charge in [0.2, 0.25) is 5.91 Å². The van der Waals surface area contributed by atoms with Gasteiger partial charge in [0.15, 0.2) is 6.10 Å². The molecule has 0 saturated heterocycles. The van der Waals surface area contributed by atoms with Crippen LogP contribution in [0.5, 0.6) is 5.75 Å². The van der Waals surface area contributed by atoms with Crippen LogP contribution in [0.25, 0.3) is 6.08 Å². The summed E-state index contributed by atoms with van der Waals surface area (Å²) in [5.41, 5.74) is 0.920. The molecule has 0 unspecified atom stereocenters. The molecule has 1 aliphatic rings. The van der Waals surface area contributed by atoms with E-state index in [0.29, 0.717) is 17.1 Å². The molecule has 0 radical (unpaired) electrons. The summed E-state index contributed by atoms with van der Waals surface area (Å²) in [5, 5.41) is 15.8. The summed E-state index contributed by atoms with van der Waals surface area (Å²) in [6, 6.07) is 7.43. The lowest BCUT2D eigenvalue weighted by molar-refractivity contribution is -0.402. The summed E-state index contributed by atoms with van der Waals surface area (Å²) < 4.78 is 10.3. The van der Waals surface area contributed by atoms with Crippen molar-refractivity contribution in [3.8, 4) is 5.75 Å². The van der Waals surface area contributed by atoms with Crippen LogP contribution in [0.1, 0.15) is 12.7 Å². The van der Waals surface area contributed by atoms with Gasteiger partial charge in [-0.25, -0.2) is 0 Å². The highest BCUT2D eigenvalue weighted by atomic mass is 16.6. The number of benzene rings is 1. The van der Waals surface area contributed by atoms with Crippen LogP contribution in [0.2, 0.25) is 0 Å². The Bertz CT molecular complexity index is 886. The van der Waals surface area contributed by atoms with E-state index in [1.807, 2.05) is 0 Å². The average Bonchev–Trinajstić information content (AvgIpc) is 3.04. The summed E-state index contributed by atoms with van der Waals surface area (Å²) in [6.07, 6.45) is 1.92. The maximum Gasteiger partial charge on any atom is 0.433 e. The number of nitro groups is 1. The van der Waals surface area contributed by atoms with Crippen LogP contribution in [0.15, 0.2) is 40.8 Å². The van der Waals surface area contributed by atoms with E-state index in [1.54, 1.807) is 25.1 Å². The van der Waals surface area contributed by atoms with Crippen molar-refractivity contribution < 1.29 is 23.7 Å². The number of carbonyl (C=O) groups excluding carboxylic acids is 2. The van der Waals surface area contributed by atoms with Crippen LogP contribution in [0.4, 0.5) is 17.3 Å². The van der Waals surface area contributed by atoms with E-state index in [2.05, 4.69) is 10.6 Å². The Morgan fingerprint density at radius 3 is 2.88 bits per heavy atom. The topological polar surface area (TPSA) is 124 Å². The Labute approximate surface area is 141 Å². The molecule has 2 amide bonds. The number of amides is 2. The zero-order valence-electron chi connectivity index (χ0n) is 13.0. The Kier molecular flexibility index (Phi) is 4.21. The first-order valence-electron chi connectivity index (χ1n) is 7.27. The zero-order chi connectivity index (χ0) is 18.0. The Hall–Kier alpha value is -3.62. The molecule has 2 aromatic rings. The molecule has 1 atom stereocenters. The second-order valence-corrected chi connectivity index (χ2v) is 5.22. The number of fused-ring (bicyclic) bond motifs is 1. The van der Waals surface area contributed by atoms with E-state index < -0.39 is 22.8 Å². The van der Waals surface area contributed by atoms with Crippen molar-refractivity contribution in [1.82, 2.24) is 0 Å². The number of ether oxygens (including phenoxy) is 1. The first-order chi connectivity index (χ1) is 11.9. The van der Waals surface area contributed by atoms with Gasteiger partial charge in [0.25, 0.3) is 5.91 Å². The largest absolute Gasteiger partial charge is 0.479 e. The van der Waals surface area contributed by atoms with E-state index in [4.69, 9.17) is 9.15 Å². The van der Waals surface area contributed by atoms with Gasteiger partial charge in [0, 0.05) is 11.8 Å². The van der Waals surface area contributed by atoms with Gasteiger partial charge in [-0.15, -0.1) is 0 Å². The minimum atomic E-state index is -0.665. The molecule has 0 saturated carbocycles. The van der Waals surface area contributed by atoms with E-state index in [0.717, 1.165) is 0 Å². The van der Waals surface area contributed by atoms with Gasteiger partial charge in [0.1, 0.15) is 16.4 Å². The number of nitrogens with zero attached hydrogens (tertiary/aromatic N) is 1. The van der Waals surface area contributed by atoms with Gasteiger partial charge in [-0.05, 0) is 37.3 Å². The molecule has 0 fully saturated rings. The number of hydrogen-bond acceptors (Lipinski definition) is 6. The summed E-state index contributed by atoms with van der Waals surface area (Å²) in [5.74, 6) is -0.434. The Morgan fingerprint density at radius 1 is 1.36 bits per heavy atom. The van der Waals surface area contributed by atoms with Gasteiger partial charge >= 0.3 is 5.88 Å². The third kappa shape index (κ3) is 3.66. The third-order valence-electron chi connectivity index (χ3n) is 3.37. The lowest BCUT2D eigenvalue weighted by Crippen LogP contribution is -2.34. The summed E-state index contributed by atoms with van der Waals surface area (Å²) in [4.78, 5) is 33.4. The van der Waals surface area contributed by atoms with Crippen LogP contribution in [0, 0.1) is 10.1 Å². The second kappa shape index (κ2) is 6.48. The quantitative estimate of drug-likeness (QED) is 0.499. The standard InChI is InChI=1S/C16H13N3O6/c1-9-16(21)18-12-8-10(2-5-13(12)24-9)17-14(20)6-3-11-4-7-15(25-11)19(22)23/h2-9H,1H3,(H,17,20)(H,18,21)/b6-3+/t9-/m0/s1. The summed E-state index contributed by atoms with van der Waals surface area (Å²) in [7, 11) is 0. The molecule has 25 heavy (non-hydrogen) atoms. The summed E-state index contributed by atoms with van der Waals surface area (Å²) in [6.45, 7) is 1.64. The molecule has 1 aromatic heterocycles. The minimum absolute atomic E-state index is 0.182. The molecule has 2 N–H and O–H groups in total. The molecule has 1 aromatic carbocycles. The number of hydrogen-bond donors (Lipinski definition) is 2. The fourth-order valence-electron chi connectivity index (χ4n) is 2.16. The second-order valence-electron chi connectivity index (χ2n) is 5.22. The molecule has 0 spiro atoms. The fourth-order valence-corrected chi connectivity index (χ4v) is 2.16. The normalized spacial score (nSPS) is 16.0. The molecule has 2 heterocycles. The van der Waals surface area contributed by atoms with Crippen molar-refractivity contribution in [2.24, 2.45) is 0 Å². The molecule has 9 heteroatoms. The van der Waals surface area contributed by atoms with Crippen LogP contribution in [-0.4, -0.2) is 22.8 Å². The van der Waals surface area contributed by atoms with Gasteiger partial charge in [-0.2, -0.15) is 0 Å². The molecule has 128 valence electrons. The van der Waals surface area contributed by atoms with Crippen molar-refractivity contribution in [3.63, 3.8) is 0 Å². The van der Waals surface area contributed by atoms with Crippen LogP contribution in [0.3, 0.4) is 0 Å². The van der Waals surface area contributed by atoms with Crippen molar-refractivity contribution in [2.75, 3.05) is 10.6 Å². The Morgan fingerprint density at radius 2 is 2.16 bits per heavy atom. The number of nitrogens with one attached hydrogen (secondary N) is 2. The minimum Gasteiger partial charge on any atom is -0.479 e. The first kappa shape index (κ1) is 16.2. The number of carbonyl (C=O) groups is 2. The van der Waals surface area contributed by atoms with Crippen LogP contribution < -0.4 is 15.4 Å². The highest BCUT2D eigenvalue weighted by molar-refractivity contribution is 6.03. The maximum atomic E-state index is 11.9. The van der Waals surface area contributed by atoms with Crippen molar-refractivity contribution in [2.45, 2.75) is 13.0 Å². The predicted octanol–water partition coefficient (Wildman–Crippen LogP) is 2.56. The molecule has 3 rings (SSSR count). The van der Waals surface area contributed by atoms with E-state index >= 15 is 0 Å². The average molecular weight is 343 g/mol. The van der Waals surface area contributed by atoms with Gasteiger partial charge in [-0.3, -0.25) is 19.7 Å².